The van der Waals surface area contributed by atoms with Crippen LogP contribution in [0.2, 0.25) is 5.02 Å². The highest BCUT2D eigenvalue weighted by Gasteiger charge is 2.27. The van der Waals surface area contributed by atoms with Crippen molar-refractivity contribution >= 4 is 49.3 Å². The Labute approximate surface area is 119 Å². The summed E-state index contributed by atoms with van der Waals surface area (Å²) in [4.78, 5) is 0.189. The second kappa shape index (κ2) is 5.48. The lowest BCUT2D eigenvalue weighted by atomic mass is 10.4. The normalized spacial score (nSPS) is 18.2. The van der Waals surface area contributed by atoms with Gasteiger partial charge in [0.05, 0.1) is 5.02 Å². The van der Waals surface area contributed by atoms with Crippen LogP contribution in [0.25, 0.3) is 0 Å². The molecule has 0 bridgehead atoms. The average Bonchev–Trinajstić information content (AvgIpc) is 2.29. The van der Waals surface area contributed by atoms with Crippen LogP contribution in [0.3, 0.4) is 0 Å². The highest BCUT2D eigenvalue weighted by molar-refractivity contribution is 9.10. The molecule has 17 heavy (non-hydrogen) atoms. The molecule has 0 unspecified atom stereocenters. The molecule has 0 atom stereocenters. The lowest BCUT2D eigenvalue weighted by Crippen LogP contribution is -2.37. The molecule has 0 aliphatic carbocycles. The van der Waals surface area contributed by atoms with E-state index in [0.717, 1.165) is 16.0 Å². The van der Waals surface area contributed by atoms with Gasteiger partial charge < -0.3 is 0 Å². The van der Waals surface area contributed by atoms with Crippen LogP contribution in [0.15, 0.2) is 27.6 Å². The lowest BCUT2D eigenvalue weighted by Gasteiger charge is -2.26. The molecule has 0 amide bonds. The molecule has 2 rings (SSSR count). The summed E-state index contributed by atoms with van der Waals surface area (Å²) >= 11 is 11.0. The quantitative estimate of drug-likeness (QED) is 0.818. The maximum Gasteiger partial charge on any atom is 0.244 e. The molecule has 1 heterocycles. The number of benzene rings is 1. The van der Waals surface area contributed by atoms with Gasteiger partial charge in [-0.05, 0) is 18.2 Å². The Balaban J connectivity index is 2.37. The van der Waals surface area contributed by atoms with Crippen LogP contribution in [0.1, 0.15) is 0 Å². The molecule has 0 radical (unpaired) electrons. The van der Waals surface area contributed by atoms with Crippen molar-refractivity contribution in [2.75, 3.05) is 24.6 Å². The Morgan fingerprint density at radius 1 is 1.29 bits per heavy atom. The summed E-state index contributed by atoms with van der Waals surface area (Å²) in [6, 6.07) is 4.84. The van der Waals surface area contributed by atoms with Gasteiger partial charge >= 0.3 is 0 Å². The van der Waals surface area contributed by atoms with Gasteiger partial charge in [0.15, 0.2) is 0 Å². The lowest BCUT2D eigenvalue weighted by molar-refractivity contribution is 0.443. The number of hydrogen-bond acceptors (Lipinski definition) is 3. The van der Waals surface area contributed by atoms with Gasteiger partial charge in [-0.15, -0.1) is 0 Å². The van der Waals surface area contributed by atoms with E-state index in [1.807, 2.05) is 0 Å². The molecule has 0 N–H and O–H groups in total. The van der Waals surface area contributed by atoms with Crippen molar-refractivity contribution in [2.24, 2.45) is 0 Å². The minimum Gasteiger partial charge on any atom is -0.207 e. The molecular formula is C10H11BrClNO2S2. The summed E-state index contributed by atoms with van der Waals surface area (Å²) < 4.78 is 26.9. The van der Waals surface area contributed by atoms with E-state index < -0.39 is 10.0 Å². The van der Waals surface area contributed by atoms with E-state index in [1.54, 1.807) is 30.0 Å². The average molecular weight is 357 g/mol. The van der Waals surface area contributed by atoms with Gasteiger partial charge in [0.25, 0.3) is 0 Å². The zero-order chi connectivity index (χ0) is 12.5. The topological polar surface area (TPSA) is 37.4 Å². The Hall–Kier alpha value is 0.250. The number of sulfonamides is 1. The van der Waals surface area contributed by atoms with Crippen LogP contribution in [0.5, 0.6) is 0 Å². The van der Waals surface area contributed by atoms with Crippen molar-refractivity contribution in [3.05, 3.63) is 27.7 Å². The molecule has 7 heteroatoms. The molecular weight excluding hydrogens is 346 g/mol. The van der Waals surface area contributed by atoms with Crippen molar-refractivity contribution in [3.63, 3.8) is 0 Å². The van der Waals surface area contributed by atoms with E-state index in [2.05, 4.69) is 15.9 Å². The first-order valence-electron chi connectivity index (χ1n) is 5.05. The van der Waals surface area contributed by atoms with Crippen LogP contribution in [0.4, 0.5) is 0 Å². The number of nitrogens with zero attached hydrogens (tertiary/aromatic N) is 1. The molecule has 1 aromatic rings. The van der Waals surface area contributed by atoms with Gasteiger partial charge in [-0.3, -0.25) is 0 Å². The molecule has 0 spiro atoms. The van der Waals surface area contributed by atoms with E-state index in [0.29, 0.717) is 13.1 Å². The molecule has 1 aromatic carbocycles. The van der Waals surface area contributed by atoms with Gasteiger partial charge in [-0.2, -0.15) is 16.1 Å². The molecule has 0 saturated carbocycles. The van der Waals surface area contributed by atoms with E-state index in [-0.39, 0.29) is 9.92 Å². The van der Waals surface area contributed by atoms with Crippen LogP contribution < -0.4 is 0 Å². The number of rotatable bonds is 2. The van der Waals surface area contributed by atoms with Crippen LogP contribution in [0, 0.1) is 0 Å². The van der Waals surface area contributed by atoms with Gasteiger partial charge in [0, 0.05) is 29.1 Å². The molecule has 94 valence electrons. The molecule has 1 fully saturated rings. The van der Waals surface area contributed by atoms with E-state index >= 15 is 0 Å². The zero-order valence-corrected chi connectivity index (χ0v) is 12.9. The first-order chi connectivity index (χ1) is 8.01. The molecule has 1 aliphatic heterocycles. The van der Waals surface area contributed by atoms with Crippen LogP contribution >= 0.6 is 39.3 Å². The largest absolute Gasteiger partial charge is 0.244 e. The SMILES string of the molecule is O=S(=O)(c1ccc(Br)cc1Cl)N1CCSCC1. The van der Waals surface area contributed by atoms with Crippen molar-refractivity contribution < 1.29 is 8.42 Å². The molecule has 3 nitrogen and oxygen atoms in total. The summed E-state index contributed by atoms with van der Waals surface area (Å²) in [6.45, 7) is 1.11. The second-order valence-corrected chi connectivity index (χ2v) is 8.05. The third-order valence-corrected chi connectivity index (χ3v) is 6.30. The minimum absolute atomic E-state index is 0.189. The van der Waals surface area contributed by atoms with Crippen LogP contribution in [-0.2, 0) is 10.0 Å². The van der Waals surface area contributed by atoms with E-state index in [1.165, 1.54) is 4.31 Å². The fourth-order valence-corrected chi connectivity index (χ4v) is 5.20. The summed E-state index contributed by atoms with van der Waals surface area (Å²) in [7, 11) is -3.44. The summed E-state index contributed by atoms with van der Waals surface area (Å²) in [5.41, 5.74) is 0. The van der Waals surface area contributed by atoms with Crippen molar-refractivity contribution in [1.82, 2.24) is 4.31 Å². The maximum absolute atomic E-state index is 12.3. The van der Waals surface area contributed by atoms with E-state index in [4.69, 9.17) is 11.6 Å². The number of thioether (sulfide) groups is 1. The number of halogens is 2. The van der Waals surface area contributed by atoms with Crippen molar-refractivity contribution in [1.29, 1.82) is 0 Å². The van der Waals surface area contributed by atoms with Gasteiger partial charge in [0.2, 0.25) is 10.0 Å². The van der Waals surface area contributed by atoms with E-state index in [9.17, 15) is 8.42 Å². The summed E-state index contributed by atoms with van der Waals surface area (Å²) in [5, 5.41) is 0.262. The fourth-order valence-electron chi connectivity index (χ4n) is 1.61. The Bertz CT molecular complexity index is 515. The molecule has 1 aliphatic rings. The van der Waals surface area contributed by atoms with Gasteiger partial charge in [0.1, 0.15) is 4.90 Å². The minimum atomic E-state index is -3.44. The predicted octanol–water partition coefficient (Wildman–Crippen LogP) is 2.84. The second-order valence-electron chi connectivity index (χ2n) is 3.59. The summed E-state index contributed by atoms with van der Waals surface area (Å²) in [6.07, 6.45) is 0. The molecule has 0 aromatic heterocycles. The van der Waals surface area contributed by atoms with Crippen molar-refractivity contribution in [3.8, 4) is 0 Å². The first kappa shape index (κ1) is 13.7. The van der Waals surface area contributed by atoms with Crippen molar-refractivity contribution in [2.45, 2.75) is 4.90 Å². The number of hydrogen-bond donors (Lipinski definition) is 0. The standard InChI is InChI=1S/C10H11BrClNO2S2/c11-8-1-2-10(9(12)7-8)17(14,15)13-3-5-16-6-4-13/h1-2,7H,3-6H2. The highest BCUT2D eigenvalue weighted by Crippen LogP contribution is 2.28. The Morgan fingerprint density at radius 2 is 1.94 bits per heavy atom. The predicted molar refractivity (Wildman–Crippen MR) is 75.2 cm³/mol. The first-order valence-corrected chi connectivity index (χ1v) is 8.81. The highest BCUT2D eigenvalue weighted by atomic mass is 79.9. The fraction of sp³-hybridized carbons (Fsp3) is 0.400. The monoisotopic (exact) mass is 355 g/mol. The molecule has 1 saturated heterocycles. The smallest absolute Gasteiger partial charge is 0.207 e. The van der Waals surface area contributed by atoms with Gasteiger partial charge in [-0.1, -0.05) is 27.5 Å². The van der Waals surface area contributed by atoms with Gasteiger partial charge in [-0.25, -0.2) is 8.42 Å². The zero-order valence-electron chi connectivity index (χ0n) is 8.90. The Morgan fingerprint density at radius 3 is 2.53 bits per heavy atom. The summed E-state index contributed by atoms with van der Waals surface area (Å²) in [5.74, 6) is 1.68. The third kappa shape index (κ3) is 2.98. The Kier molecular flexibility index (Phi) is 4.41. The van der Waals surface area contributed by atoms with Crippen LogP contribution in [-0.4, -0.2) is 37.3 Å². The maximum atomic E-state index is 12.3. The third-order valence-electron chi connectivity index (χ3n) is 2.48.